The van der Waals surface area contributed by atoms with Crippen LogP contribution < -0.4 is 26.1 Å². The summed E-state index contributed by atoms with van der Waals surface area (Å²) in [5.41, 5.74) is 1.63. The van der Waals surface area contributed by atoms with Crippen LogP contribution >= 0.6 is 0 Å². The highest BCUT2D eigenvalue weighted by Gasteiger charge is 2.32. The fourth-order valence-electron chi connectivity index (χ4n) is 4.87. The predicted octanol–water partition coefficient (Wildman–Crippen LogP) is 2.91. The molecule has 1 aliphatic heterocycles. The highest BCUT2D eigenvalue weighted by molar-refractivity contribution is 6.01. The number of nitrogens with zero attached hydrogens (tertiary/aromatic N) is 2. The Hall–Kier alpha value is -4.73. The molecule has 5 rings (SSSR count). The van der Waals surface area contributed by atoms with Crippen LogP contribution in [0, 0.1) is 5.92 Å². The number of aromatic nitrogens is 3. The second-order valence-corrected chi connectivity index (χ2v) is 9.85. The van der Waals surface area contributed by atoms with Crippen molar-refractivity contribution >= 4 is 28.3 Å². The van der Waals surface area contributed by atoms with E-state index in [4.69, 9.17) is 4.74 Å². The first-order chi connectivity index (χ1) is 18.8. The highest BCUT2D eigenvalue weighted by atomic mass is 16.5. The molecule has 2 amide bonds. The van der Waals surface area contributed by atoms with Crippen LogP contribution in [0.3, 0.4) is 0 Å². The zero-order valence-electron chi connectivity index (χ0n) is 21.9. The Morgan fingerprint density at radius 1 is 1.10 bits per heavy atom. The van der Waals surface area contributed by atoms with Crippen LogP contribution in [0.2, 0.25) is 0 Å². The summed E-state index contributed by atoms with van der Waals surface area (Å²) in [5, 5.41) is 10.8. The van der Waals surface area contributed by atoms with Crippen LogP contribution in [0.25, 0.3) is 22.2 Å². The summed E-state index contributed by atoms with van der Waals surface area (Å²) in [6.45, 7) is 3.82. The minimum atomic E-state index is -0.822. The Balaban J connectivity index is 1.58. The van der Waals surface area contributed by atoms with Crippen molar-refractivity contribution in [2.45, 2.75) is 39.3 Å². The van der Waals surface area contributed by atoms with Gasteiger partial charge >= 0.3 is 11.1 Å². The second-order valence-electron chi connectivity index (χ2n) is 9.85. The van der Waals surface area contributed by atoms with Gasteiger partial charge < -0.3 is 19.9 Å². The van der Waals surface area contributed by atoms with Crippen molar-refractivity contribution in [2.75, 3.05) is 12.0 Å². The number of anilines is 1. The monoisotopic (exact) mass is 527 g/mol. The van der Waals surface area contributed by atoms with E-state index in [1.807, 2.05) is 48.5 Å². The Morgan fingerprint density at radius 3 is 2.64 bits per heavy atom. The average molecular weight is 528 g/mol. The van der Waals surface area contributed by atoms with Gasteiger partial charge in [-0.15, -0.1) is 0 Å². The van der Waals surface area contributed by atoms with E-state index in [0.717, 1.165) is 27.6 Å². The van der Waals surface area contributed by atoms with Gasteiger partial charge in [0.15, 0.2) is 5.82 Å². The lowest BCUT2D eigenvalue weighted by Crippen LogP contribution is -2.48. The highest BCUT2D eigenvalue weighted by Crippen LogP contribution is 2.35. The van der Waals surface area contributed by atoms with E-state index < -0.39 is 17.2 Å². The van der Waals surface area contributed by atoms with Crippen molar-refractivity contribution in [3.05, 3.63) is 86.4 Å². The van der Waals surface area contributed by atoms with Gasteiger partial charge in [-0.25, -0.2) is 5.10 Å². The molecule has 0 bridgehead atoms. The maximum atomic E-state index is 13.9. The summed E-state index contributed by atoms with van der Waals surface area (Å²) in [4.78, 5) is 53.9. The molecule has 1 atom stereocenters. The van der Waals surface area contributed by atoms with E-state index in [-0.39, 0.29) is 30.1 Å². The summed E-state index contributed by atoms with van der Waals surface area (Å²) in [6.07, 6.45) is 1.16. The molecule has 0 saturated heterocycles. The number of hydrogen-bond donors (Lipinski definition) is 3. The van der Waals surface area contributed by atoms with E-state index in [0.29, 0.717) is 24.2 Å². The molecule has 0 saturated carbocycles. The van der Waals surface area contributed by atoms with Gasteiger partial charge in [0.1, 0.15) is 11.8 Å². The number of fused-ring (bicyclic) bond motifs is 2. The summed E-state index contributed by atoms with van der Waals surface area (Å²) >= 11 is 0. The molecule has 0 spiro atoms. The molecule has 10 nitrogen and oxygen atoms in total. The smallest absolute Gasteiger partial charge is 0.329 e. The summed E-state index contributed by atoms with van der Waals surface area (Å²) in [6, 6.07) is 16.3. The zero-order chi connectivity index (χ0) is 27.7. The lowest BCUT2D eigenvalue weighted by molar-refractivity contribution is -0.129. The molecule has 0 aliphatic carbocycles. The molecule has 2 heterocycles. The van der Waals surface area contributed by atoms with Crippen LogP contribution in [-0.2, 0) is 22.6 Å². The number of hydrogen-bond acceptors (Lipinski definition) is 6. The first-order valence-corrected chi connectivity index (χ1v) is 12.8. The van der Waals surface area contributed by atoms with Crippen molar-refractivity contribution in [3.8, 4) is 17.1 Å². The third-order valence-electron chi connectivity index (χ3n) is 7.00. The number of rotatable bonds is 6. The van der Waals surface area contributed by atoms with Crippen molar-refractivity contribution in [1.82, 2.24) is 20.5 Å². The minimum Gasteiger partial charge on any atom is -0.496 e. The molecule has 0 fully saturated rings. The maximum Gasteiger partial charge on any atom is 0.329 e. The number of methoxy groups -OCH3 is 1. The number of para-hydroxylation sites is 1. The molecule has 0 radical (unpaired) electrons. The van der Waals surface area contributed by atoms with E-state index in [2.05, 4.69) is 20.5 Å². The SMILES string of the molecule is COc1ccc2cc(-c3n[nH]c(=O)c(=O)[nH]3)ccc2c1CN1C(=O)[C@@H](NC(=O)C(C)C)CCc2ccccc21. The fraction of sp³-hybridized carbons (Fsp3) is 0.276. The van der Waals surface area contributed by atoms with Crippen LogP contribution in [0.15, 0.2) is 64.2 Å². The first-order valence-electron chi connectivity index (χ1n) is 12.8. The van der Waals surface area contributed by atoms with Gasteiger partial charge in [0, 0.05) is 22.7 Å². The normalized spacial score (nSPS) is 15.2. The molecular weight excluding hydrogens is 498 g/mol. The Kier molecular flexibility index (Phi) is 7.02. The third-order valence-corrected chi connectivity index (χ3v) is 7.00. The average Bonchev–Trinajstić information content (AvgIpc) is 3.06. The Bertz CT molecular complexity index is 1690. The number of amides is 2. The number of ether oxygens (including phenoxy) is 1. The largest absolute Gasteiger partial charge is 0.496 e. The van der Waals surface area contributed by atoms with E-state index in [1.165, 1.54) is 0 Å². The number of H-pyrrole nitrogens is 2. The van der Waals surface area contributed by atoms with E-state index >= 15 is 0 Å². The number of carbonyl (C=O) groups excluding carboxylic acids is 2. The van der Waals surface area contributed by atoms with E-state index in [9.17, 15) is 19.2 Å². The molecule has 10 heteroatoms. The van der Waals surface area contributed by atoms with Gasteiger partial charge in [-0.3, -0.25) is 19.2 Å². The molecule has 3 N–H and O–H groups in total. The quantitative estimate of drug-likeness (QED) is 0.330. The molecule has 1 aliphatic rings. The van der Waals surface area contributed by atoms with Crippen molar-refractivity contribution in [2.24, 2.45) is 5.92 Å². The zero-order valence-corrected chi connectivity index (χ0v) is 21.9. The van der Waals surface area contributed by atoms with Crippen molar-refractivity contribution in [1.29, 1.82) is 0 Å². The van der Waals surface area contributed by atoms with Crippen LogP contribution in [0.1, 0.15) is 31.4 Å². The summed E-state index contributed by atoms with van der Waals surface area (Å²) in [5.74, 6) is 0.265. The second kappa shape index (κ2) is 10.6. The molecular formula is C29H29N5O5. The first kappa shape index (κ1) is 25.9. The van der Waals surface area contributed by atoms with Crippen molar-refractivity contribution < 1.29 is 14.3 Å². The fourth-order valence-corrected chi connectivity index (χ4v) is 4.87. The number of benzene rings is 3. The topological polar surface area (TPSA) is 137 Å². The van der Waals surface area contributed by atoms with Gasteiger partial charge in [-0.05, 0) is 47.4 Å². The molecule has 1 aromatic heterocycles. The predicted molar refractivity (Wildman–Crippen MR) is 148 cm³/mol. The standard InChI is InChI=1S/C29H29N5O5/c1-16(2)26(35)30-22-12-9-17-6-4-5-7-23(17)34(29(22)38)15-21-20-11-8-19(14-18(20)10-13-24(21)39-3)25-31-27(36)28(37)33-32-25/h4-8,10-11,13-14,16,22H,9,12,15H2,1-3H3,(H,30,35)(H,33,37)(H,31,32,36)/t22-/m0/s1. The molecule has 39 heavy (non-hydrogen) atoms. The lowest BCUT2D eigenvalue weighted by atomic mass is 9.99. The Labute approximate surface area is 224 Å². The minimum absolute atomic E-state index is 0.163. The van der Waals surface area contributed by atoms with E-state index in [1.54, 1.807) is 31.9 Å². The lowest BCUT2D eigenvalue weighted by Gasteiger charge is -2.28. The van der Waals surface area contributed by atoms with Gasteiger partial charge in [0.05, 0.1) is 13.7 Å². The number of aryl methyl sites for hydroxylation is 1. The van der Waals surface area contributed by atoms with Gasteiger partial charge in [0.2, 0.25) is 11.8 Å². The van der Waals surface area contributed by atoms with Crippen LogP contribution in [0.5, 0.6) is 5.75 Å². The number of carbonyl (C=O) groups is 2. The van der Waals surface area contributed by atoms with Gasteiger partial charge in [0.25, 0.3) is 0 Å². The Morgan fingerprint density at radius 2 is 1.90 bits per heavy atom. The summed E-state index contributed by atoms with van der Waals surface area (Å²) in [7, 11) is 1.58. The van der Waals surface area contributed by atoms with Crippen molar-refractivity contribution in [3.63, 3.8) is 0 Å². The number of aromatic amines is 2. The molecule has 200 valence electrons. The number of nitrogens with one attached hydrogen (secondary N) is 3. The summed E-state index contributed by atoms with van der Waals surface area (Å²) < 4.78 is 5.71. The molecule has 0 unspecified atom stereocenters. The molecule has 4 aromatic rings. The van der Waals surface area contributed by atoms with Gasteiger partial charge in [-0.2, -0.15) is 5.10 Å². The molecule has 3 aromatic carbocycles. The van der Waals surface area contributed by atoms with Crippen LogP contribution in [0.4, 0.5) is 5.69 Å². The third kappa shape index (κ3) is 5.05. The van der Waals surface area contributed by atoms with Crippen LogP contribution in [-0.4, -0.2) is 40.1 Å². The van der Waals surface area contributed by atoms with Gasteiger partial charge in [-0.1, -0.05) is 50.2 Å². The maximum absolute atomic E-state index is 13.9.